The topological polar surface area (TPSA) is 44.8 Å². The van der Waals surface area contributed by atoms with Crippen LogP contribution in [0.25, 0.3) is 0 Å². The molecule has 0 spiro atoms. The number of nitrogens with one attached hydrogen (secondary N) is 1. The highest BCUT2D eigenvalue weighted by Crippen LogP contribution is 2.31. The number of ether oxygens (including phenoxy) is 1. The van der Waals surface area contributed by atoms with Gasteiger partial charge < -0.3 is 19.9 Å². The van der Waals surface area contributed by atoms with Crippen molar-refractivity contribution >= 4 is 29.0 Å². The van der Waals surface area contributed by atoms with Crippen LogP contribution in [0.3, 0.4) is 0 Å². The zero-order chi connectivity index (χ0) is 17.8. The van der Waals surface area contributed by atoms with Crippen LogP contribution in [0.2, 0.25) is 5.02 Å². The molecule has 0 aliphatic carbocycles. The maximum Gasteiger partial charge on any atom is 0.322 e. The number of halogens is 1. The monoisotopic (exact) mass is 359 g/mol. The molecule has 132 valence electrons. The average Bonchev–Trinajstić information content (AvgIpc) is 2.65. The molecule has 5 nitrogen and oxygen atoms in total. The summed E-state index contributed by atoms with van der Waals surface area (Å²) < 4.78 is 5.32. The largest absolute Gasteiger partial charge is 0.495 e. The van der Waals surface area contributed by atoms with Crippen LogP contribution in [-0.2, 0) is 0 Å². The van der Waals surface area contributed by atoms with E-state index in [1.807, 2.05) is 36.1 Å². The van der Waals surface area contributed by atoms with Crippen molar-refractivity contribution in [1.29, 1.82) is 0 Å². The number of rotatable bonds is 3. The van der Waals surface area contributed by atoms with Gasteiger partial charge in [-0.3, -0.25) is 0 Å². The number of methoxy groups -OCH3 is 1. The fourth-order valence-electron chi connectivity index (χ4n) is 2.93. The number of nitrogens with zero attached hydrogens (tertiary/aromatic N) is 2. The summed E-state index contributed by atoms with van der Waals surface area (Å²) in [6.45, 7) is 4.88. The number of piperazine rings is 1. The second-order valence-corrected chi connectivity index (χ2v) is 6.45. The van der Waals surface area contributed by atoms with Gasteiger partial charge in [-0.2, -0.15) is 0 Å². The number of anilines is 2. The molecule has 0 bridgehead atoms. The molecule has 0 unspecified atom stereocenters. The molecule has 1 aliphatic rings. The van der Waals surface area contributed by atoms with Crippen LogP contribution >= 0.6 is 11.6 Å². The van der Waals surface area contributed by atoms with Crippen molar-refractivity contribution in [2.24, 2.45) is 0 Å². The lowest BCUT2D eigenvalue weighted by atomic mass is 10.2. The lowest BCUT2D eigenvalue weighted by Crippen LogP contribution is -2.50. The number of para-hydroxylation sites is 1. The molecule has 1 fully saturated rings. The van der Waals surface area contributed by atoms with Gasteiger partial charge in [-0.05, 0) is 30.7 Å². The molecule has 1 N–H and O–H groups in total. The Kier molecular flexibility index (Phi) is 5.34. The molecule has 6 heteroatoms. The van der Waals surface area contributed by atoms with E-state index in [1.54, 1.807) is 13.2 Å². The summed E-state index contributed by atoms with van der Waals surface area (Å²) in [6.07, 6.45) is 0. The molecule has 0 saturated carbocycles. The summed E-state index contributed by atoms with van der Waals surface area (Å²) in [6, 6.07) is 13.7. The van der Waals surface area contributed by atoms with Crippen molar-refractivity contribution in [3.63, 3.8) is 0 Å². The SMILES string of the molecule is COc1cc(Cl)c(C)cc1NC(=O)N1CCN(c2ccccc2)CC1. The van der Waals surface area contributed by atoms with Crippen LogP contribution < -0.4 is 15.0 Å². The van der Waals surface area contributed by atoms with Gasteiger partial charge in [0.25, 0.3) is 0 Å². The standard InChI is InChI=1S/C19H22ClN3O2/c1-14-12-17(18(25-2)13-16(14)20)21-19(24)23-10-8-22(9-11-23)15-6-4-3-5-7-15/h3-7,12-13H,8-11H2,1-2H3,(H,21,24). The Morgan fingerprint density at radius 3 is 2.44 bits per heavy atom. The number of carbonyl (C=O) groups is 1. The summed E-state index contributed by atoms with van der Waals surface area (Å²) >= 11 is 6.12. The highest BCUT2D eigenvalue weighted by atomic mass is 35.5. The van der Waals surface area contributed by atoms with Gasteiger partial charge in [0, 0.05) is 43.0 Å². The van der Waals surface area contributed by atoms with Crippen LogP contribution in [0.15, 0.2) is 42.5 Å². The molecular formula is C19H22ClN3O2. The molecule has 2 aromatic rings. The van der Waals surface area contributed by atoms with E-state index in [2.05, 4.69) is 22.3 Å². The molecule has 1 saturated heterocycles. The second-order valence-electron chi connectivity index (χ2n) is 6.04. The van der Waals surface area contributed by atoms with Gasteiger partial charge in [0.1, 0.15) is 5.75 Å². The smallest absolute Gasteiger partial charge is 0.322 e. The molecule has 0 radical (unpaired) electrons. The summed E-state index contributed by atoms with van der Waals surface area (Å²) in [4.78, 5) is 16.7. The van der Waals surface area contributed by atoms with Gasteiger partial charge in [0.15, 0.2) is 0 Å². The van der Waals surface area contributed by atoms with E-state index < -0.39 is 0 Å². The number of carbonyl (C=O) groups excluding carboxylic acids is 1. The number of hydrogen-bond acceptors (Lipinski definition) is 3. The first kappa shape index (κ1) is 17.4. The van der Waals surface area contributed by atoms with E-state index >= 15 is 0 Å². The van der Waals surface area contributed by atoms with Crippen molar-refractivity contribution in [3.05, 3.63) is 53.1 Å². The van der Waals surface area contributed by atoms with Crippen LogP contribution in [0, 0.1) is 6.92 Å². The first-order valence-electron chi connectivity index (χ1n) is 8.28. The van der Waals surface area contributed by atoms with Gasteiger partial charge in [0.05, 0.1) is 12.8 Å². The molecule has 0 atom stereocenters. The van der Waals surface area contributed by atoms with Crippen molar-refractivity contribution < 1.29 is 9.53 Å². The fourth-order valence-corrected chi connectivity index (χ4v) is 3.08. The summed E-state index contributed by atoms with van der Waals surface area (Å²) in [5.74, 6) is 0.562. The maximum absolute atomic E-state index is 12.6. The van der Waals surface area contributed by atoms with Gasteiger partial charge in [-0.1, -0.05) is 29.8 Å². The van der Waals surface area contributed by atoms with Crippen LogP contribution in [-0.4, -0.2) is 44.2 Å². The quantitative estimate of drug-likeness (QED) is 0.900. The van der Waals surface area contributed by atoms with E-state index in [9.17, 15) is 4.79 Å². The zero-order valence-corrected chi connectivity index (χ0v) is 15.2. The van der Waals surface area contributed by atoms with E-state index in [1.165, 1.54) is 5.69 Å². The molecule has 1 aliphatic heterocycles. The van der Waals surface area contributed by atoms with Crippen LogP contribution in [0.5, 0.6) is 5.75 Å². The summed E-state index contributed by atoms with van der Waals surface area (Å²) in [5, 5.41) is 3.56. The van der Waals surface area contributed by atoms with Crippen molar-refractivity contribution in [3.8, 4) is 5.75 Å². The highest BCUT2D eigenvalue weighted by molar-refractivity contribution is 6.31. The zero-order valence-electron chi connectivity index (χ0n) is 14.5. The predicted molar refractivity (Wildman–Crippen MR) is 102 cm³/mol. The third kappa shape index (κ3) is 3.99. The van der Waals surface area contributed by atoms with Gasteiger partial charge in [-0.25, -0.2) is 4.79 Å². The van der Waals surface area contributed by atoms with Gasteiger partial charge in [-0.15, -0.1) is 0 Å². The third-order valence-corrected chi connectivity index (χ3v) is 4.82. The van der Waals surface area contributed by atoms with Gasteiger partial charge >= 0.3 is 6.03 Å². The minimum Gasteiger partial charge on any atom is -0.495 e. The molecular weight excluding hydrogens is 338 g/mol. The summed E-state index contributed by atoms with van der Waals surface area (Å²) in [7, 11) is 1.56. The minimum atomic E-state index is -0.118. The molecule has 2 amide bonds. The Labute approximate surface area is 153 Å². The number of amides is 2. The Morgan fingerprint density at radius 2 is 1.80 bits per heavy atom. The van der Waals surface area contributed by atoms with Crippen molar-refractivity contribution in [2.75, 3.05) is 43.5 Å². The van der Waals surface area contributed by atoms with E-state index in [0.717, 1.165) is 18.7 Å². The normalized spacial score (nSPS) is 14.4. The molecule has 25 heavy (non-hydrogen) atoms. The minimum absolute atomic E-state index is 0.118. The third-order valence-electron chi connectivity index (χ3n) is 4.41. The Balaban J connectivity index is 1.63. The number of hydrogen-bond donors (Lipinski definition) is 1. The van der Waals surface area contributed by atoms with Crippen molar-refractivity contribution in [1.82, 2.24) is 4.90 Å². The first-order valence-corrected chi connectivity index (χ1v) is 8.66. The Bertz CT molecular complexity index is 744. The fraction of sp³-hybridized carbons (Fsp3) is 0.316. The van der Waals surface area contributed by atoms with Crippen molar-refractivity contribution in [2.45, 2.75) is 6.92 Å². The highest BCUT2D eigenvalue weighted by Gasteiger charge is 2.22. The number of aryl methyl sites for hydroxylation is 1. The Morgan fingerprint density at radius 1 is 1.12 bits per heavy atom. The molecule has 0 aromatic heterocycles. The van der Waals surface area contributed by atoms with E-state index in [-0.39, 0.29) is 6.03 Å². The van der Waals surface area contributed by atoms with Gasteiger partial charge in [0.2, 0.25) is 0 Å². The lowest BCUT2D eigenvalue weighted by molar-refractivity contribution is 0.208. The molecule has 1 heterocycles. The number of benzene rings is 2. The maximum atomic E-state index is 12.6. The number of urea groups is 1. The van der Waals surface area contributed by atoms with E-state index in [0.29, 0.717) is 29.5 Å². The second kappa shape index (κ2) is 7.66. The molecule has 3 rings (SSSR count). The van der Waals surface area contributed by atoms with Crippen LogP contribution in [0.1, 0.15) is 5.56 Å². The lowest BCUT2D eigenvalue weighted by Gasteiger charge is -2.36. The summed E-state index contributed by atoms with van der Waals surface area (Å²) in [5.41, 5.74) is 2.73. The van der Waals surface area contributed by atoms with E-state index in [4.69, 9.17) is 16.3 Å². The first-order chi connectivity index (χ1) is 12.1. The molecule has 2 aromatic carbocycles. The average molecular weight is 360 g/mol. The Hall–Kier alpha value is -2.40. The predicted octanol–water partition coefficient (Wildman–Crippen LogP) is 4.01. The van der Waals surface area contributed by atoms with Crippen LogP contribution in [0.4, 0.5) is 16.2 Å².